The largest absolute Gasteiger partial charge is 0.573 e. The first-order valence-corrected chi connectivity index (χ1v) is 5.80. The lowest BCUT2D eigenvalue weighted by atomic mass is 10.1. The number of aromatic nitrogens is 1. The highest BCUT2D eigenvalue weighted by Gasteiger charge is 2.32. The monoisotopic (exact) mass is 297 g/mol. The lowest BCUT2D eigenvalue weighted by molar-refractivity contribution is -0.275. The molecule has 0 fully saturated rings. The fourth-order valence-corrected chi connectivity index (χ4v) is 1.67. The topological polar surface area (TPSA) is 48.4 Å². The predicted octanol–water partition coefficient (Wildman–Crippen LogP) is 3.22. The van der Waals surface area contributed by atoms with E-state index < -0.39 is 17.9 Å². The number of carbonyl (C=O) groups is 1. The van der Waals surface area contributed by atoms with Crippen molar-refractivity contribution in [2.24, 2.45) is 0 Å². The van der Waals surface area contributed by atoms with Crippen LogP contribution in [0.25, 0.3) is 0 Å². The Morgan fingerprint density at radius 3 is 2.48 bits per heavy atom. The second-order valence-electron chi connectivity index (χ2n) is 3.96. The molecular weight excluding hydrogens is 287 g/mol. The Morgan fingerprint density at radius 1 is 1.14 bits per heavy atom. The predicted molar refractivity (Wildman–Crippen MR) is 67.3 cm³/mol. The van der Waals surface area contributed by atoms with Crippen LogP contribution in [0.1, 0.15) is 16.1 Å². The van der Waals surface area contributed by atoms with E-state index in [2.05, 4.69) is 9.72 Å². The van der Waals surface area contributed by atoms with Gasteiger partial charge in [-0.05, 0) is 30.3 Å². The van der Waals surface area contributed by atoms with Crippen molar-refractivity contribution in [1.29, 1.82) is 0 Å². The molecule has 0 atom stereocenters. The van der Waals surface area contributed by atoms with Crippen LogP contribution in [0.15, 0.2) is 42.6 Å². The fourth-order valence-electron chi connectivity index (χ4n) is 1.67. The van der Waals surface area contributed by atoms with Crippen molar-refractivity contribution in [3.05, 3.63) is 53.9 Å². The maximum Gasteiger partial charge on any atom is 0.573 e. The molecule has 110 valence electrons. The summed E-state index contributed by atoms with van der Waals surface area (Å²) < 4.78 is 45.6. The van der Waals surface area contributed by atoms with Crippen LogP contribution in [-0.4, -0.2) is 24.2 Å². The van der Waals surface area contributed by atoms with E-state index in [4.69, 9.17) is 4.74 Å². The van der Waals surface area contributed by atoms with Gasteiger partial charge in [0.1, 0.15) is 5.69 Å². The highest BCUT2D eigenvalue weighted by atomic mass is 19.4. The van der Waals surface area contributed by atoms with Gasteiger partial charge in [-0.15, -0.1) is 13.2 Å². The van der Waals surface area contributed by atoms with Crippen molar-refractivity contribution < 1.29 is 27.4 Å². The number of carbonyl (C=O) groups excluding carboxylic acids is 1. The second-order valence-corrected chi connectivity index (χ2v) is 3.96. The van der Waals surface area contributed by atoms with Crippen LogP contribution in [0.5, 0.6) is 11.5 Å². The minimum absolute atomic E-state index is 0.0220. The summed E-state index contributed by atoms with van der Waals surface area (Å²) in [5.41, 5.74) is 0.148. The average molecular weight is 297 g/mol. The molecule has 0 bridgehead atoms. The number of hydrogen-bond acceptors (Lipinski definition) is 4. The lowest BCUT2D eigenvalue weighted by Gasteiger charge is -2.13. The van der Waals surface area contributed by atoms with E-state index in [1.54, 1.807) is 12.1 Å². The number of alkyl halides is 3. The summed E-state index contributed by atoms with van der Waals surface area (Å²) >= 11 is 0. The van der Waals surface area contributed by atoms with E-state index in [1.165, 1.54) is 31.5 Å². The van der Waals surface area contributed by atoms with Gasteiger partial charge in [0, 0.05) is 11.8 Å². The quantitative estimate of drug-likeness (QED) is 0.813. The third-order valence-electron chi connectivity index (χ3n) is 2.55. The van der Waals surface area contributed by atoms with E-state index in [0.29, 0.717) is 0 Å². The standard InChI is InChI=1S/C14H10F3NO3/c1-20-11-6-5-9(8-12(11)21-14(15,16)17)13(19)10-4-2-3-7-18-10/h2-8H,1H3. The fraction of sp³-hybridized carbons (Fsp3) is 0.143. The molecule has 0 aliphatic rings. The first-order chi connectivity index (χ1) is 9.90. The van der Waals surface area contributed by atoms with Gasteiger partial charge >= 0.3 is 6.36 Å². The molecule has 0 spiro atoms. The number of ketones is 1. The smallest absolute Gasteiger partial charge is 0.493 e. The molecule has 2 aromatic rings. The molecule has 0 saturated carbocycles. The summed E-state index contributed by atoms with van der Waals surface area (Å²) in [6.45, 7) is 0. The molecule has 7 heteroatoms. The first-order valence-electron chi connectivity index (χ1n) is 5.80. The number of rotatable bonds is 4. The molecule has 1 heterocycles. The van der Waals surface area contributed by atoms with Gasteiger partial charge in [0.2, 0.25) is 5.78 Å². The summed E-state index contributed by atoms with van der Waals surface area (Å²) in [4.78, 5) is 16.0. The Labute approximate surface area is 118 Å². The van der Waals surface area contributed by atoms with Crippen molar-refractivity contribution in [3.63, 3.8) is 0 Å². The van der Waals surface area contributed by atoms with Crippen LogP contribution in [-0.2, 0) is 0 Å². The molecule has 0 radical (unpaired) electrons. The van der Waals surface area contributed by atoms with Gasteiger partial charge in [0.05, 0.1) is 7.11 Å². The molecule has 0 amide bonds. The van der Waals surface area contributed by atoms with Gasteiger partial charge in [-0.2, -0.15) is 0 Å². The number of ether oxygens (including phenoxy) is 2. The van der Waals surface area contributed by atoms with Crippen LogP contribution in [0.4, 0.5) is 13.2 Å². The molecule has 1 aromatic carbocycles. The second kappa shape index (κ2) is 5.82. The van der Waals surface area contributed by atoms with Gasteiger partial charge in [-0.25, -0.2) is 0 Å². The third kappa shape index (κ3) is 3.71. The Morgan fingerprint density at radius 2 is 1.90 bits per heavy atom. The highest BCUT2D eigenvalue weighted by Crippen LogP contribution is 2.33. The Balaban J connectivity index is 2.38. The molecule has 0 aliphatic heterocycles. The van der Waals surface area contributed by atoms with Gasteiger partial charge in [-0.1, -0.05) is 6.07 Å². The summed E-state index contributed by atoms with van der Waals surface area (Å²) in [6.07, 6.45) is -3.45. The zero-order valence-corrected chi connectivity index (χ0v) is 10.8. The van der Waals surface area contributed by atoms with Crippen molar-refractivity contribution in [1.82, 2.24) is 4.98 Å². The Kier molecular flexibility index (Phi) is 4.11. The van der Waals surface area contributed by atoms with Crippen molar-refractivity contribution in [3.8, 4) is 11.5 Å². The molecule has 0 saturated heterocycles. The Hall–Kier alpha value is -2.57. The van der Waals surface area contributed by atoms with Crippen LogP contribution >= 0.6 is 0 Å². The first kappa shape index (κ1) is 14.8. The van der Waals surface area contributed by atoms with E-state index in [1.807, 2.05) is 0 Å². The zero-order chi connectivity index (χ0) is 15.5. The lowest BCUT2D eigenvalue weighted by Crippen LogP contribution is -2.18. The van der Waals surface area contributed by atoms with E-state index >= 15 is 0 Å². The van der Waals surface area contributed by atoms with Gasteiger partial charge in [0.25, 0.3) is 0 Å². The van der Waals surface area contributed by atoms with Gasteiger partial charge < -0.3 is 9.47 Å². The van der Waals surface area contributed by atoms with E-state index in [0.717, 1.165) is 6.07 Å². The molecule has 0 unspecified atom stereocenters. The zero-order valence-electron chi connectivity index (χ0n) is 10.8. The summed E-state index contributed by atoms with van der Waals surface area (Å²) in [5.74, 6) is -1.21. The summed E-state index contributed by atoms with van der Waals surface area (Å²) in [7, 11) is 1.21. The van der Waals surface area contributed by atoms with Crippen molar-refractivity contribution in [2.75, 3.05) is 7.11 Å². The molecule has 4 nitrogen and oxygen atoms in total. The molecule has 1 aromatic heterocycles. The van der Waals surface area contributed by atoms with Crippen LogP contribution in [0.2, 0.25) is 0 Å². The molecule has 0 N–H and O–H groups in total. The number of benzene rings is 1. The maximum atomic E-state index is 12.3. The molecule has 0 aliphatic carbocycles. The minimum atomic E-state index is -4.88. The molecule has 2 rings (SSSR count). The number of halogens is 3. The highest BCUT2D eigenvalue weighted by molar-refractivity contribution is 6.08. The Bertz CT molecular complexity index is 642. The van der Waals surface area contributed by atoms with Gasteiger partial charge in [0.15, 0.2) is 11.5 Å². The average Bonchev–Trinajstić information content (AvgIpc) is 2.45. The van der Waals surface area contributed by atoms with E-state index in [9.17, 15) is 18.0 Å². The molecule has 21 heavy (non-hydrogen) atoms. The normalized spacial score (nSPS) is 11.0. The minimum Gasteiger partial charge on any atom is -0.493 e. The number of pyridine rings is 1. The maximum absolute atomic E-state index is 12.3. The SMILES string of the molecule is COc1ccc(C(=O)c2ccccn2)cc1OC(F)(F)F. The van der Waals surface area contributed by atoms with Crippen molar-refractivity contribution >= 4 is 5.78 Å². The van der Waals surface area contributed by atoms with Crippen molar-refractivity contribution in [2.45, 2.75) is 6.36 Å². The number of hydrogen-bond donors (Lipinski definition) is 0. The van der Waals surface area contributed by atoms with Crippen LogP contribution in [0.3, 0.4) is 0 Å². The number of methoxy groups -OCH3 is 1. The van der Waals surface area contributed by atoms with Crippen LogP contribution < -0.4 is 9.47 Å². The number of nitrogens with zero attached hydrogens (tertiary/aromatic N) is 1. The van der Waals surface area contributed by atoms with Gasteiger partial charge in [-0.3, -0.25) is 9.78 Å². The summed E-state index contributed by atoms with van der Waals surface area (Å²) in [5, 5.41) is 0. The third-order valence-corrected chi connectivity index (χ3v) is 2.55. The summed E-state index contributed by atoms with van der Waals surface area (Å²) in [6, 6.07) is 8.26. The van der Waals surface area contributed by atoms with E-state index in [-0.39, 0.29) is 17.0 Å². The molecular formula is C14H10F3NO3. The van der Waals surface area contributed by atoms with Crippen LogP contribution in [0, 0.1) is 0 Å².